The summed E-state index contributed by atoms with van der Waals surface area (Å²) in [5.74, 6) is 0. The van der Waals surface area contributed by atoms with Crippen LogP contribution < -0.4 is 16.4 Å². The third-order valence-corrected chi connectivity index (χ3v) is 3.54. The Bertz CT molecular complexity index is 719. The molecule has 1 saturated heterocycles. The van der Waals surface area contributed by atoms with Crippen LogP contribution in [-0.4, -0.2) is 29.0 Å². The Hall–Kier alpha value is -2.08. The molecule has 0 spiro atoms. The van der Waals surface area contributed by atoms with Crippen molar-refractivity contribution >= 4 is 16.5 Å². The van der Waals surface area contributed by atoms with Gasteiger partial charge in [-0.1, -0.05) is 6.07 Å². The largest absolute Gasteiger partial charge is 0.379 e. The minimum atomic E-state index is -0.302. The van der Waals surface area contributed by atoms with Gasteiger partial charge in [0, 0.05) is 12.3 Å². The number of fused-ring (bicyclic) bond motifs is 1. The monoisotopic (exact) mass is 261 g/mol. The molecule has 1 aliphatic heterocycles. The first-order valence-electron chi connectivity index (χ1n) is 6.28. The molecule has 6 heteroatoms. The highest BCUT2D eigenvalue weighted by molar-refractivity contribution is 5.92. The first kappa shape index (κ1) is 12.0. The van der Waals surface area contributed by atoms with E-state index in [0.717, 1.165) is 6.42 Å². The molecule has 100 valence electrons. The van der Waals surface area contributed by atoms with Gasteiger partial charge in [-0.3, -0.25) is 19.8 Å². The number of anilines is 1. The molecule has 1 aliphatic rings. The molecule has 3 rings (SSSR count). The zero-order valence-electron chi connectivity index (χ0n) is 10.5. The Morgan fingerprint density at radius 3 is 2.79 bits per heavy atom. The van der Waals surface area contributed by atoms with E-state index in [-0.39, 0.29) is 23.3 Å². The molecular formula is C13H15N3O3. The van der Waals surface area contributed by atoms with E-state index < -0.39 is 0 Å². The average Bonchev–Trinajstić information content (AvgIpc) is 2.80. The summed E-state index contributed by atoms with van der Waals surface area (Å²) in [7, 11) is 0. The quantitative estimate of drug-likeness (QED) is 0.746. The molecule has 19 heavy (non-hydrogen) atoms. The fourth-order valence-corrected chi connectivity index (χ4v) is 2.47. The second-order valence-corrected chi connectivity index (χ2v) is 4.75. The van der Waals surface area contributed by atoms with Crippen LogP contribution in [0.5, 0.6) is 0 Å². The molecular weight excluding hydrogens is 246 g/mol. The van der Waals surface area contributed by atoms with E-state index in [1.807, 2.05) is 13.0 Å². The van der Waals surface area contributed by atoms with Crippen molar-refractivity contribution in [3.8, 4) is 0 Å². The minimum absolute atomic E-state index is 0.0938. The van der Waals surface area contributed by atoms with Crippen LogP contribution in [0.1, 0.15) is 13.3 Å². The molecule has 2 heterocycles. The van der Waals surface area contributed by atoms with Crippen molar-refractivity contribution in [3.05, 3.63) is 38.9 Å². The van der Waals surface area contributed by atoms with E-state index in [9.17, 15) is 9.59 Å². The van der Waals surface area contributed by atoms with Crippen molar-refractivity contribution in [2.75, 3.05) is 11.9 Å². The zero-order chi connectivity index (χ0) is 13.4. The molecule has 0 aliphatic carbocycles. The summed E-state index contributed by atoms with van der Waals surface area (Å²) in [4.78, 5) is 23.6. The van der Waals surface area contributed by atoms with Gasteiger partial charge in [-0.25, -0.2) is 0 Å². The number of rotatable bonds is 2. The Morgan fingerprint density at radius 1 is 1.26 bits per heavy atom. The van der Waals surface area contributed by atoms with Crippen LogP contribution in [0, 0.1) is 0 Å². The highest BCUT2D eigenvalue weighted by atomic mass is 16.5. The number of hydrogen-bond donors (Lipinski definition) is 3. The van der Waals surface area contributed by atoms with Crippen molar-refractivity contribution < 1.29 is 4.74 Å². The molecule has 1 aromatic heterocycles. The summed E-state index contributed by atoms with van der Waals surface area (Å²) < 4.78 is 5.49. The summed E-state index contributed by atoms with van der Waals surface area (Å²) in [5, 5.41) is 8.77. The predicted octanol–water partition coefficient (Wildman–Crippen LogP) is 0.806. The molecule has 2 aromatic rings. The van der Waals surface area contributed by atoms with Gasteiger partial charge in [0.2, 0.25) is 0 Å². The third-order valence-electron chi connectivity index (χ3n) is 3.54. The highest BCUT2D eigenvalue weighted by Crippen LogP contribution is 2.22. The fraction of sp³-hybridized carbons (Fsp3) is 0.385. The molecule has 6 nitrogen and oxygen atoms in total. The van der Waals surface area contributed by atoms with Crippen molar-refractivity contribution in [2.24, 2.45) is 0 Å². The van der Waals surface area contributed by atoms with Crippen LogP contribution in [0.4, 0.5) is 5.69 Å². The number of aromatic nitrogens is 2. The van der Waals surface area contributed by atoms with E-state index in [2.05, 4.69) is 15.5 Å². The molecule has 1 aromatic carbocycles. The van der Waals surface area contributed by atoms with E-state index in [0.29, 0.717) is 23.1 Å². The maximum absolute atomic E-state index is 11.9. The second-order valence-electron chi connectivity index (χ2n) is 4.75. The number of H-pyrrole nitrogens is 2. The maximum atomic E-state index is 11.9. The van der Waals surface area contributed by atoms with Gasteiger partial charge in [0.15, 0.2) is 0 Å². The van der Waals surface area contributed by atoms with Gasteiger partial charge in [-0.15, -0.1) is 0 Å². The molecule has 0 bridgehead atoms. The normalized spacial score (nSPS) is 22.8. The van der Waals surface area contributed by atoms with Crippen molar-refractivity contribution in [1.82, 2.24) is 10.2 Å². The fourth-order valence-electron chi connectivity index (χ4n) is 2.47. The van der Waals surface area contributed by atoms with E-state index in [1.165, 1.54) is 0 Å². The van der Waals surface area contributed by atoms with Crippen LogP contribution in [0.25, 0.3) is 10.8 Å². The van der Waals surface area contributed by atoms with Crippen molar-refractivity contribution in [1.29, 1.82) is 0 Å². The Labute approximate surface area is 108 Å². The smallest absolute Gasteiger partial charge is 0.272 e. The molecule has 2 unspecified atom stereocenters. The molecule has 0 radical (unpaired) electrons. The number of hydrogen-bond acceptors (Lipinski definition) is 4. The van der Waals surface area contributed by atoms with Crippen LogP contribution in [0.3, 0.4) is 0 Å². The summed E-state index contributed by atoms with van der Waals surface area (Å²) >= 11 is 0. The molecule has 0 amide bonds. The Kier molecular flexibility index (Phi) is 2.87. The predicted molar refractivity (Wildman–Crippen MR) is 72.6 cm³/mol. The zero-order valence-corrected chi connectivity index (χ0v) is 10.5. The van der Waals surface area contributed by atoms with Gasteiger partial charge in [0.05, 0.1) is 22.9 Å². The third kappa shape index (κ3) is 2.04. The van der Waals surface area contributed by atoms with Gasteiger partial charge in [0.1, 0.15) is 0 Å². The van der Waals surface area contributed by atoms with Crippen LogP contribution in [0.15, 0.2) is 27.8 Å². The minimum Gasteiger partial charge on any atom is -0.379 e. The lowest BCUT2D eigenvalue weighted by molar-refractivity contribution is 0.121. The summed E-state index contributed by atoms with van der Waals surface area (Å²) in [6, 6.07) is 5.37. The van der Waals surface area contributed by atoms with Gasteiger partial charge in [-0.2, -0.15) is 0 Å². The lowest BCUT2D eigenvalue weighted by Crippen LogP contribution is -2.28. The lowest BCUT2D eigenvalue weighted by Gasteiger charge is -2.18. The van der Waals surface area contributed by atoms with Crippen molar-refractivity contribution in [2.45, 2.75) is 25.5 Å². The number of nitrogens with one attached hydrogen (secondary N) is 3. The van der Waals surface area contributed by atoms with Gasteiger partial charge in [0.25, 0.3) is 11.1 Å². The number of aromatic amines is 2. The molecule has 0 saturated carbocycles. The Morgan fingerprint density at radius 2 is 2.05 bits per heavy atom. The summed E-state index contributed by atoms with van der Waals surface area (Å²) in [6.45, 7) is 2.70. The van der Waals surface area contributed by atoms with Crippen LogP contribution in [0.2, 0.25) is 0 Å². The standard InChI is InChI=1S/C13H15N3O3/c1-7-9(5-6-19-7)14-10-4-2-3-8-11(10)13(18)16-15-12(8)17/h2-4,7,9,14H,5-6H2,1H3,(H,15,17)(H,16,18). The van der Waals surface area contributed by atoms with E-state index in [4.69, 9.17) is 4.74 Å². The van der Waals surface area contributed by atoms with E-state index in [1.54, 1.807) is 12.1 Å². The highest BCUT2D eigenvalue weighted by Gasteiger charge is 2.24. The molecule has 1 fully saturated rings. The second kappa shape index (κ2) is 4.55. The van der Waals surface area contributed by atoms with E-state index >= 15 is 0 Å². The van der Waals surface area contributed by atoms with Gasteiger partial charge >= 0.3 is 0 Å². The SMILES string of the molecule is CC1OCCC1Nc1cccc2c(=O)[nH][nH]c(=O)c12. The molecule has 2 atom stereocenters. The van der Waals surface area contributed by atoms with Gasteiger partial charge < -0.3 is 10.1 Å². The maximum Gasteiger partial charge on any atom is 0.272 e. The number of ether oxygens (including phenoxy) is 1. The first-order chi connectivity index (χ1) is 9.16. The topological polar surface area (TPSA) is 87.0 Å². The van der Waals surface area contributed by atoms with Gasteiger partial charge in [-0.05, 0) is 25.5 Å². The van der Waals surface area contributed by atoms with Crippen molar-refractivity contribution in [3.63, 3.8) is 0 Å². The summed E-state index contributed by atoms with van der Waals surface area (Å²) in [5.41, 5.74) is 0.0745. The molecule has 3 N–H and O–H groups in total. The average molecular weight is 261 g/mol. The first-order valence-corrected chi connectivity index (χ1v) is 6.28. The lowest BCUT2D eigenvalue weighted by atomic mass is 10.1. The summed E-state index contributed by atoms with van der Waals surface area (Å²) in [6.07, 6.45) is 0.981. The van der Waals surface area contributed by atoms with Crippen LogP contribution >= 0.6 is 0 Å². The van der Waals surface area contributed by atoms with Crippen LogP contribution in [-0.2, 0) is 4.74 Å². The number of benzene rings is 1. The Balaban J connectivity index is 2.11.